The van der Waals surface area contributed by atoms with Crippen LogP contribution in [0, 0.1) is 5.92 Å². The molecule has 2 rings (SSSR count). The molecule has 1 aromatic heterocycles. The lowest BCUT2D eigenvalue weighted by Crippen LogP contribution is -2.26. The summed E-state index contributed by atoms with van der Waals surface area (Å²) in [5.74, 6) is 0.726. The lowest BCUT2D eigenvalue weighted by Gasteiger charge is -2.21. The van der Waals surface area contributed by atoms with Crippen molar-refractivity contribution < 1.29 is 9.90 Å². The summed E-state index contributed by atoms with van der Waals surface area (Å²) in [5.41, 5.74) is 0. The standard InChI is InChI=1S/C12H20N4O2S/c1-15(7-9-5-3-4-6-9)11-13-14-12(16(11)2)19-8-10(17)18/h9H,3-8H2,1-2H3,(H,17,18). The van der Waals surface area contributed by atoms with Crippen LogP contribution in [0.25, 0.3) is 0 Å². The highest BCUT2D eigenvalue weighted by molar-refractivity contribution is 7.99. The fourth-order valence-electron chi connectivity index (χ4n) is 2.55. The molecule has 7 heteroatoms. The van der Waals surface area contributed by atoms with Gasteiger partial charge in [-0.1, -0.05) is 24.6 Å². The van der Waals surface area contributed by atoms with Crippen molar-refractivity contribution >= 4 is 23.7 Å². The summed E-state index contributed by atoms with van der Waals surface area (Å²) in [5, 5.41) is 17.5. The zero-order chi connectivity index (χ0) is 13.8. The second-order valence-corrected chi connectivity index (χ2v) is 6.00. The number of carbonyl (C=O) groups is 1. The monoisotopic (exact) mass is 284 g/mol. The number of carboxylic acids is 1. The van der Waals surface area contributed by atoms with E-state index in [-0.39, 0.29) is 5.75 Å². The largest absolute Gasteiger partial charge is 0.481 e. The Bertz CT molecular complexity index is 443. The molecule has 0 atom stereocenters. The normalized spacial score (nSPS) is 15.9. The van der Waals surface area contributed by atoms with Crippen molar-refractivity contribution in [1.29, 1.82) is 0 Å². The first-order valence-electron chi connectivity index (χ1n) is 6.53. The van der Waals surface area contributed by atoms with Crippen molar-refractivity contribution in [3.63, 3.8) is 0 Å². The zero-order valence-electron chi connectivity index (χ0n) is 11.4. The first-order valence-corrected chi connectivity index (χ1v) is 7.51. The van der Waals surface area contributed by atoms with E-state index >= 15 is 0 Å². The van der Waals surface area contributed by atoms with Crippen LogP contribution < -0.4 is 4.90 Å². The van der Waals surface area contributed by atoms with Crippen LogP contribution in [0.2, 0.25) is 0 Å². The molecule has 1 N–H and O–H groups in total. The van der Waals surface area contributed by atoms with Crippen LogP contribution in [0.3, 0.4) is 0 Å². The van der Waals surface area contributed by atoms with Gasteiger partial charge in [0.2, 0.25) is 5.95 Å². The molecule has 1 heterocycles. The molecule has 0 aromatic carbocycles. The second-order valence-electron chi connectivity index (χ2n) is 5.06. The molecule has 0 spiro atoms. The minimum Gasteiger partial charge on any atom is -0.481 e. The van der Waals surface area contributed by atoms with Gasteiger partial charge in [0.25, 0.3) is 0 Å². The molecule has 0 radical (unpaired) electrons. The van der Waals surface area contributed by atoms with E-state index in [2.05, 4.69) is 15.1 Å². The summed E-state index contributed by atoms with van der Waals surface area (Å²) in [6.07, 6.45) is 5.25. The second kappa shape index (κ2) is 6.27. The number of aliphatic carboxylic acids is 1. The summed E-state index contributed by atoms with van der Waals surface area (Å²) >= 11 is 1.20. The number of hydrogen-bond donors (Lipinski definition) is 1. The molecule has 1 aliphatic rings. The molecule has 1 aromatic rings. The highest BCUT2D eigenvalue weighted by Gasteiger charge is 2.20. The highest BCUT2D eigenvalue weighted by atomic mass is 32.2. The van der Waals surface area contributed by atoms with Gasteiger partial charge in [0.1, 0.15) is 0 Å². The lowest BCUT2D eigenvalue weighted by molar-refractivity contribution is -0.133. The average Bonchev–Trinajstić information content (AvgIpc) is 2.96. The Hall–Kier alpha value is -1.24. The molecule has 1 fully saturated rings. The third-order valence-corrected chi connectivity index (χ3v) is 4.49. The Labute approximate surface area is 117 Å². The molecule has 1 saturated carbocycles. The first kappa shape index (κ1) is 14.2. The Morgan fingerprint density at radius 3 is 2.79 bits per heavy atom. The molecular formula is C12H20N4O2S. The first-order chi connectivity index (χ1) is 9.08. The Balaban J connectivity index is 1.97. The van der Waals surface area contributed by atoms with Crippen molar-refractivity contribution in [2.75, 3.05) is 24.2 Å². The molecule has 19 heavy (non-hydrogen) atoms. The van der Waals surface area contributed by atoms with E-state index in [9.17, 15) is 4.79 Å². The summed E-state index contributed by atoms with van der Waals surface area (Å²) in [6, 6.07) is 0. The fraction of sp³-hybridized carbons (Fsp3) is 0.750. The van der Waals surface area contributed by atoms with E-state index in [0.29, 0.717) is 5.16 Å². The quantitative estimate of drug-likeness (QED) is 0.800. The van der Waals surface area contributed by atoms with Crippen LogP contribution >= 0.6 is 11.8 Å². The topological polar surface area (TPSA) is 71.2 Å². The average molecular weight is 284 g/mol. The molecule has 6 nitrogen and oxygen atoms in total. The number of thioether (sulfide) groups is 1. The summed E-state index contributed by atoms with van der Waals surface area (Å²) in [4.78, 5) is 12.7. The number of aromatic nitrogens is 3. The Kier molecular flexibility index (Phi) is 4.68. The maximum atomic E-state index is 10.6. The van der Waals surface area contributed by atoms with Gasteiger partial charge >= 0.3 is 5.97 Å². The van der Waals surface area contributed by atoms with E-state index in [1.54, 1.807) is 0 Å². The molecule has 0 aliphatic heterocycles. The van der Waals surface area contributed by atoms with E-state index in [1.165, 1.54) is 37.4 Å². The van der Waals surface area contributed by atoms with E-state index in [0.717, 1.165) is 18.4 Å². The molecular weight excluding hydrogens is 264 g/mol. The van der Waals surface area contributed by atoms with Gasteiger partial charge in [-0.2, -0.15) is 0 Å². The Morgan fingerprint density at radius 1 is 1.47 bits per heavy atom. The third kappa shape index (κ3) is 3.62. The van der Waals surface area contributed by atoms with Gasteiger partial charge in [0, 0.05) is 20.6 Å². The summed E-state index contributed by atoms with van der Waals surface area (Å²) in [6.45, 7) is 0.996. The van der Waals surface area contributed by atoms with Gasteiger partial charge in [0.15, 0.2) is 5.16 Å². The smallest absolute Gasteiger partial charge is 0.313 e. The molecule has 106 valence electrons. The number of hydrogen-bond acceptors (Lipinski definition) is 5. The van der Waals surface area contributed by atoms with Crippen molar-refractivity contribution in [1.82, 2.24) is 14.8 Å². The fourth-order valence-corrected chi connectivity index (χ4v) is 3.18. The summed E-state index contributed by atoms with van der Waals surface area (Å²) < 4.78 is 1.86. The molecule has 1 aliphatic carbocycles. The van der Waals surface area contributed by atoms with Gasteiger partial charge in [-0.25, -0.2) is 0 Å². The van der Waals surface area contributed by atoms with Gasteiger partial charge in [-0.05, 0) is 18.8 Å². The van der Waals surface area contributed by atoms with Crippen molar-refractivity contribution in [3.05, 3.63) is 0 Å². The van der Waals surface area contributed by atoms with Crippen LogP contribution in [0.1, 0.15) is 25.7 Å². The molecule has 0 saturated heterocycles. The van der Waals surface area contributed by atoms with Crippen molar-refractivity contribution in [2.24, 2.45) is 13.0 Å². The minimum absolute atomic E-state index is 0.0122. The van der Waals surface area contributed by atoms with Crippen LogP contribution in [-0.2, 0) is 11.8 Å². The zero-order valence-corrected chi connectivity index (χ0v) is 12.2. The van der Waals surface area contributed by atoms with Crippen molar-refractivity contribution in [3.8, 4) is 0 Å². The maximum absolute atomic E-state index is 10.6. The molecule has 0 amide bonds. The van der Waals surface area contributed by atoms with E-state index in [4.69, 9.17) is 5.11 Å². The number of carboxylic acid groups (broad SMARTS) is 1. The molecule has 0 unspecified atom stereocenters. The molecule has 0 bridgehead atoms. The van der Waals surface area contributed by atoms with Gasteiger partial charge in [0.05, 0.1) is 5.75 Å². The van der Waals surface area contributed by atoms with Gasteiger partial charge in [-0.15, -0.1) is 10.2 Å². The summed E-state index contributed by atoms with van der Waals surface area (Å²) in [7, 11) is 3.90. The SMILES string of the molecule is CN(CC1CCCC1)c1nnc(SCC(=O)O)n1C. The predicted octanol–water partition coefficient (Wildman–Crippen LogP) is 1.62. The lowest BCUT2D eigenvalue weighted by atomic mass is 10.1. The van der Waals surface area contributed by atoms with Gasteiger partial charge < -0.3 is 10.0 Å². The van der Waals surface area contributed by atoms with Crippen molar-refractivity contribution in [2.45, 2.75) is 30.8 Å². The highest BCUT2D eigenvalue weighted by Crippen LogP contribution is 2.27. The van der Waals surface area contributed by atoms with E-state index in [1.807, 2.05) is 18.7 Å². The number of nitrogens with zero attached hydrogens (tertiary/aromatic N) is 4. The number of anilines is 1. The third-order valence-electron chi connectivity index (χ3n) is 3.48. The van der Waals surface area contributed by atoms with E-state index < -0.39 is 5.97 Å². The minimum atomic E-state index is -0.839. The van der Waals surface area contributed by atoms with Crippen LogP contribution in [-0.4, -0.2) is 45.2 Å². The maximum Gasteiger partial charge on any atom is 0.313 e. The predicted molar refractivity (Wildman–Crippen MR) is 74.6 cm³/mol. The van der Waals surface area contributed by atoms with Crippen LogP contribution in [0.4, 0.5) is 5.95 Å². The van der Waals surface area contributed by atoms with Crippen LogP contribution in [0.5, 0.6) is 0 Å². The van der Waals surface area contributed by atoms with Gasteiger partial charge in [-0.3, -0.25) is 9.36 Å². The Morgan fingerprint density at radius 2 is 2.16 bits per heavy atom. The van der Waals surface area contributed by atoms with Crippen LogP contribution in [0.15, 0.2) is 5.16 Å². The number of rotatable bonds is 6.